The smallest absolute Gasteiger partial charge is 0.404 e. The fourth-order valence-corrected chi connectivity index (χ4v) is 4.61. The molecule has 136 valence electrons. The fourth-order valence-electron chi connectivity index (χ4n) is 4.61. The molecule has 2 aromatic rings. The molecule has 1 amide bonds. The molecule has 2 saturated heterocycles. The summed E-state index contributed by atoms with van der Waals surface area (Å²) in [6, 6.07) is 22.0. The van der Waals surface area contributed by atoms with Gasteiger partial charge >= 0.3 is 6.09 Å². The number of hydrogen-bond acceptors (Lipinski definition) is 3. The first-order valence-electron chi connectivity index (χ1n) is 9.28. The monoisotopic (exact) mass is 351 g/mol. The van der Waals surface area contributed by atoms with Gasteiger partial charge in [0.25, 0.3) is 0 Å². The van der Waals surface area contributed by atoms with Crippen LogP contribution < -0.4 is 10.6 Å². The van der Waals surface area contributed by atoms with Crippen molar-refractivity contribution in [2.45, 2.75) is 30.5 Å². The zero-order valence-corrected chi connectivity index (χ0v) is 14.7. The average Bonchev–Trinajstić information content (AvgIpc) is 3.06. The molecule has 0 bridgehead atoms. The molecule has 0 aliphatic carbocycles. The third-order valence-electron chi connectivity index (χ3n) is 5.65. The first-order chi connectivity index (χ1) is 12.7. The lowest BCUT2D eigenvalue weighted by molar-refractivity contribution is 0.123. The summed E-state index contributed by atoms with van der Waals surface area (Å²) in [5, 5.41) is 15.4. The van der Waals surface area contributed by atoms with E-state index in [4.69, 9.17) is 5.11 Å². The molecule has 2 aromatic carbocycles. The molecule has 0 unspecified atom stereocenters. The van der Waals surface area contributed by atoms with Crippen molar-refractivity contribution in [2.24, 2.45) is 0 Å². The number of carbonyl (C=O) groups is 1. The Bertz CT molecular complexity index is 698. The van der Waals surface area contributed by atoms with Crippen LogP contribution in [0.15, 0.2) is 60.7 Å². The van der Waals surface area contributed by atoms with Gasteiger partial charge < -0.3 is 15.7 Å². The van der Waals surface area contributed by atoms with Gasteiger partial charge in [0.05, 0.1) is 0 Å². The van der Waals surface area contributed by atoms with Crippen LogP contribution in [0, 0.1) is 0 Å². The zero-order chi connectivity index (χ0) is 17.9. The van der Waals surface area contributed by atoms with Gasteiger partial charge in [0.1, 0.15) is 0 Å². The van der Waals surface area contributed by atoms with Crippen LogP contribution in [-0.4, -0.2) is 53.9 Å². The number of hydrogen-bond donors (Lipinski definition) is 3. The first kappa shape index (κ1) is 17.1. The van der Waals surface area contributed by atoms with E-state index in [0.29, 0.717) is 12.1 Å². The van der Waals surface area contributed by atoms with Crippen LogP contribution in [-0.2, 0) is 0 Å². The molecule has 3 N–H and O–H groups in total. The van der Waals surface area contributed by atoms with Crippen molar-refractivity contribution in [2.75, 3.05) is 19.6 Å². The van der Waals surface area contributed by atoms with Gasteiger partial charge in [-0.25, -0.2) is 4.79 Å². The molecule has 3 atom stereocenters. The maximum absolute atomic E-state index is 11.1. The second-order valence-electron chi connectivity index (χ2n) is 7.26. The number of nitrogens with one attached hydrogen (secondary N) is 2. The van der Waals surface area contributed by atoms with E-state index in [0.717, 1.165) is 26.1 Å². The van der Waals surface area contributed by atoms with E-state index in [1.165, 1.54) is 11.1 Å². The first-order valence-corrected chi connectivity index (χ1v) is 9.28. The van der Waals surface area contributed by atoms with E-state index < -0.39 is 6.09 Å². The molecule has 2 aliphatic heterocycles. The van der Waals surface area contributed by atoms with Crippen LogP contribution in [0.4, 0.5) is 4.79 Å². The number of fused-ring (bicyclic) bond motifs is 1. The number of nitrogens with zero attached hydrogens (tertiary/aromatic N) is 1. The summed E-state index contributed by atoms with van der Waals surface area (Å²) >= 11 is 0. The highest BCUT2D eigenvalue weighted by molar-refractivity contribution is 5.65. The number of rotatable bonds is 4. The minimum Gasteiger partial charge on any atom is -0.465 e. The van der Waals surface area contributed by atoms with Crippen molar-refractivity contribution in [3.8, 4) is 0 Å². The number of amides is 1. The molecule has 2 heterocycles. The highest BCUT2D eigenvalue weighted by Crippen LogP contribution is 2.35. The van der Waals surface area contributed by atoms with E-state index in [1.54, 1.807) is 0 Å². The maximum atomic E-state index is 11.1. The van der Waals surface area contributed by atoms with Crippen LogP contribution in [0.3, 0.4) is 0 Å². The predicted molar refractivity (Wildman–Crippen MR) is 101 cm³/mol. The van der Waals surface area contributed by atoms with Gasteiger partial charge in [-0.15, -0.1) is 0 Å². The van der Waals surface area contributed by atoms with Crippen LogP contribution in [0.25, 0.3) is 0 Å². The van der Waals surface area contributed by atoms with Crippen molar-refractivity contribution in [3.63, 3.8) is 0 Å². The minimum absolute atomic E-state index is 0.00657. The van der Waals surface area contributed by atoms with Gasteiger partial charge in [0.2, 0.25) is 0 Å². The van der Waals surface area contributed by atoms with E-state index in [2.05, 4.69) is 76.2 Å². The fraction of sp³-hybridized carbons (Fsp3) is 0.381. The van der Waals surface area contributed by atoms with Crippen LogP contribution >= 0.6 is 0 Å². The molecule has 4 rings (SSSR count). The van der Waals surface area contributed by atoms with Gasteiger partial charge in [0.15, 0.2) is 0 Å². The van der Waals surface area contributed by atoms with Gasteiger partial charge in [-0.2, -0.15) is 0 Å². The number of piperazine rings is 1. The zero-order valence-electron chi connectivity index (χ0n) is 14.7. The van der Waals surface area contributed by atoms with E-state index in [9.17, 15) is 4.79 Å². The summed E-state index contributed by atoms with van der Waals surface area (Å²) in [5.41, 5.74) is 2.61. The average molecular weight is 351 g/mol. The normalized spacial score (nSPS) is 25.8. The lowest BCUT2D eigenvalue weighted by atomic mass is 9.83. The Morgan fingerprint density at radius 3 is 2.23 bits per heavy atom. The van der Waals surface area contributed by atoms with E-state index in [1.807, 2.05) is 0 Å². The van der Waals surface area contributed by atoms with Gasteiger partial charge in [-0.3, -0.25) is 4.90 Å². The molecule has 0 radical (unpaired) electrons. The van der Waals surface area contributed by atoms with Crippen molar-refractivity contribution >= 4 is 6.09 Å². The summed E-state index contributed by atoms with van der Waals surface area (Å²) in [4.78, 5) is 13.6. The second-order valence-corrected chi connectivity index (χ2v) is 7.26. The molecular formula is C21H25N3O2. The molecule has 2 fully saturated rings. The highest BCUT2D eigenvalue weighted by atomic mass is 16.4. The summed E-state index contributed by atoms with van der Waals surface area (Å²) in [5.74, 6) is 0.260. The largest absolute Gasteiger partial charge is 0.465 e. The molecule has 5 nitrogen and oxygen atoms in total. The molecule has 26 heavy (non-hydrogen) atoms. The van der Waals surface area contributed by atoms with Gasteiger partial charge in [-0.05, 0) is 17.5 Å². The van der Waals surface area contributed by atoms with Crippen molar-refractivity contribution in [1.29, 1.82) is 0 Å². The predicted octanol–water partition coefficient (Wildman–Crippen LogP) is 2.50. The molecule has 0 spiro atoms. The van der Waals surface area contributed by atoms with Crippen LogP contribution in [0.1, 0.15) is 23.5 Å². The van der Waals surface area contributed by atoms with E-state index in [-0.39, 0.29) is 12.0 Å². The molecule has 2 aliphatic rings. The number of carboxylic acid groups (broad SMARTS) is 1. The Labute approximate surface area is 154 Å². The maximum Gasteiger partial charge on any atom is 0.404 e. The molecular weight excluding hydrogens is 326 g/mol. The van der Waals surface area contributed by atoms with Crippen LogP contribution in [0.2, 0.25) is 0 Å². The van der Waals surface area contributed by atoms with Crippen molar-refractivity contribution in [1.82, 2.24) is 15.5 Å². The SMILES string of the molecule is O=C(O)N[C@H]1C[C@H]2CNC[C@@H](C(c3ccccc3)c3ccccc3)N2C1. The Balaban J connectivity index is 1.66. The third-order valence-corrected chi connectivity index (χ3v) is 5.65. The Morgan fingerprint density at radius 1 is 1.04 bits per heavy atom. The Kier molecular flexibility index (Phi) is 4.91. The number of benzene rings is 2. The summed E-state index contributed by atoms with van der Waals surface area (Å²) in [7, 11) is 0. The Morgan fingerprint density at radius 2 is 1.65 bits per heavy atom. The Hall–Kier alpha value is -2.37. The lowest BCUT2D eigenvalue weighted by Gasteiger charge is -2.42. The van der Waals surface area contributed by atoms with E-state index >= 15 is 0 Å². The van der Waals surface area contributed by atoms with Gasteiger partial charge in [-0.1, -0.05) is 60.7 Å². The van der Waals surface area contributed by atoms with Gasteiger partial charge in [0, 0.05) is 43.7 Å². The molecule has 0 saturated carbocycles. The summed E-state index contributed by atoms with van der Waals surface area (Å²) in [6.07, 6.45) is -0.0615. The topological polar surface area (TPSA) is 64.6 Å². The third kappa shape index (κ3) is 3.45. The minimum atomic E-state index is -0.929. The second kappa shape index (κ2) is 7.48. The standard InChI is InChI=1S/C21H25N3O2/c25-21(26)23-17-11-18-12-22-13-19(24(18)14-17)20(15-7-3-1-4-8-15)16-9-5-2-6-10-16/h1-10,17-20,22-23H,11-14H2,(H,25,26)/t17-,18-,19-/m0/s1. The quantitative estimate of drug-likeness (QED) is 0.792. The lowest BCUT2D eigenvalue weighted by Crippen LogP contribution is -2.57. The van der Waals surface area contributed by atoms with Crippen molar-refractivity contribution < 1.29 is 9.90 Å². The molecule has 0 aromatic heterocycles. The van der Waals surface area contributed by atoms with Crippen LogP contribution in [0.5, 0.6) is 0 Å². The molecule has 5 heteroatoms. The highest BCUT2D eigenvalue weighted by Gasteiger charge is 2.42. The van der Waals surface area contributed by atoms with Crippen molar-refractivity contribution in [3.05, 3.63) is 71.8 Å². The summed E-state index contributed by atoms with van der Waals surface area (Å²) in [6.45, 7) is 2.61. The summed E-state index contributed by atoms with van der Waals surface area (Å²) < 4.78 is 0.